The average Bonchev–Trinajstić information content (AvgIpc) is 3.51. The molecule has 2 aromatic rings. The van der Waals surface area contributed by atoms with Crippen LogP contribution >= 0.6 is 0 Å². The van der Waals surface area contributed by atoms with Gasteiger partial charge in [-0.05, 0) is 49.9 Å². The van der Waals surface area contributed by atoms with Gasteiger partial charge in [-0.3, -0.25) is 19.2 Å². The smallest absolute Gasteiger partial charge is 0.328 e. The summed E-state index contributed by atoms with van der Waals surface area (Å²) in [5.74, 6) is -5.10. The molecule has 2 aliphatic carbocycles. The number of carbonyl (C=O) groups is 5. The molecule has 1 aromatic heterocycles. The van der Waals surface area contributed by atoms with Crippen molar-refractivity contribution in [2.75, 3.05) is 4.90 Å². The van der Waals surface area contributed by atoms with Crippen LogP contribution in [0.15, 0.2) is 58.5 Å². The Labute approximate surface area is 211 Å². The predicted octanol–water partition coefficient (Wildman–Crippen LogP) is 2.08. The van der Waals surface area contributed by atoms with Crippen LogP contribution in [-0.2, 0) is 25.8 Å². The molecular formula is C27H25N3O7. The number of hydrogen-bond donors (Lipinski definition) is 2. The van der Waals surface area contributed by atoms with Crippen molar-refractivity contribution >= 4 is 35.3 Å². The van der Waals surface area contributed by atoms with Gasteiger partial charge in [-0.25, -0.2) is 9.69 Å². The normalized spacial score (nSPS) is 32.8. The van der Waals surface area contributed by atoms with Crippen LogP contribution in [0.1, 0.15) is 37.2 Å². The van der Waals surface area contributed by atoms with E-state index in [1.165, 1.54) is 4.90 Å². The molecule has 0 spiro atoms. The van der Waals surface area contributed by atoms with Crippen LogP contribution in [0.5, 0.6) is 0 Å². The minimum absolute atomic E-state index is 0.160. The lowest BCUT2D eigenvalue weighted by Gasteiger charge is -2.48. The molecule has 2 saturated heterocycles. The fourth-order valence-electron chi connectivity index (χ4n) is 6.99. The summed E-state index contributed by atoms with van der Waals surface area (Å²) in [7, 11) is 0. The van der Waals surface area contributed by atoms with Gasteiger partial charge in [0, 0.05) is 0 Å². The Kier molecular flexibility index (Phi) is 5.03. The van der Waals surface area contributed by atoms with Gasteiger partial charge >= 0.3 is 6.03 Å². The fourth-order valence-corrected chi connectivity index (χ4v) is 6.99. The second-order valence-corrected chi connectivity index (χ2v) is 10.3. The van der Waals surface area contributed by atoms with Crippen molar-refractivity contribution in [2.24, 2.45) is 34.8 Å². The van der Waals surface area contributed by atoms with Crippen LogP contribution in [0.4, 0.5) is 10.5 Å². The second kappa shape index (κ2) is 7.97. The Bertz CT molecular complexity index is 1400. The van der Waals surface area contributed by atoms with Crippen molar-refractivity contribution in [3.8, 4) is 0 Å². The Hall–Kier alpha value is -4.05. The molecule has 6 atom stereocenters. The molecule has 10 heteroatoms. The molecule has 190 valence electrons. The summed E-state index contributed by atoms with van der Waals surface area (Å²) in [5, 5.41) is 9.62. The lowest BCUT2D eigenvalue weighted by atomic mass is 9.52. The predicted molar refractivity (Wildman–Crippen MR) is 127 cm³/mol. The number of aliphatic hydroxyl groups is 1. The lowest BCUT2D eigenvalue weighted by Crippen LogP contribution is -2.49. The van der Waals surface area contributed by atoms with E-state index in [9.17, 15) is 29.1 Å². The zero-order chi connectivity index (χ0) is 26.2. The van der Waals surface area contributed by atoms with Crippen molar-refractivity contribution in [1.29, 1.82) is 0 Å². The number of primary amides is 1. The maximum Gasteiger partial charge on any atom is 0.328 e. The third-order valence-corrected chi connectivity index (χ3v) is 8.63. The zero-order valence-electron chi connectivity index (χ0n) is 20.0. The monoisotopic (exact) mass is 503 g/mol. The van der Waals surface area contributed by atoms with E-state index in [2.05, 4.69) is 0 Å². The molecule has 4 aliphatic rings. The van der Waals surface area contributed by atoms with E-state index in [1.54, 1.807) is 49.4 Å². The van der Waals surface area contributed by atoms with Crippen LogP contribution in [0, 0.1) is 29.1 Å². The maximum atomic E-state index is 14.1. The quantitative estimate of drug-likeness (QED) is 0.481. The van der Waals surface area contributed by atoms with Gasteiger partial charge in [-0.1, -0.05) is 29.8 Å². The summed E-state index contributed by atoms with van der Waals surface area (Å²) >= 11 is 0. The van der Waals surface area contributed by atoms with Crippen molar-refractivity contribution in [1.82, 2.24) is 4.90 Å². The number of hydrogen-bond acceptors (Lipinski definition) is 7. The topological polar surface area (TPSA) is 151 Å². The Morgan fingerprint density at radius 1 is 1.05 bits per heavy atom. The molecule has 2 aliphatic heterocycles. The van der Waals surface area contributed by atoms with Crippen molar-refractivity contribution in [2.45, 2.75) is 32.3 Å². The van der Waals surface area contributed by atoms with E-state index in [1.807, 2.05) is 6.08 Å². The van der Waals surface area contributed by atoms with Gasteiger partial charge < -0.3 is 15.3 Å². The first kappa shape index (κ1) is 23.4. The maximum absolute atomic E-state index is 14.1. The second-order valence-electron chi connectivity index (χ2n) is 10.3. The third kappa shape index (κ3) is 2.99. The number of imide groups is 4. The van der Waals surface area contributed by atoms with Crippen LogP contribution < -0.4 is 10.6 Å². The molecular weight excluding hydrogens is 478 g/mol. The number of nitrogens with two attached hydrogens (primary N) is 1. The number of anilines is 1. The number of aliphatic hydroxyl groups excluding tert-OH is 1. The van der Waals surface area contributed by atoms with Gasteiger partial charge in [0.2, 0.25) is 23.6 Å². The molecule has 1 saturated carbocycles. The number of fused-ring (bicyclic) bond motifs is 4. The molecule has 0 unspecified atom stereocenters. The van der Waals surface area contributed by atoms with Crippen LogP contribution in [-0.4, -0.2) is 39.7 Å². The number of rotatable bonds is 3. The standard InChI is InChI=1S/C27H25N3O7/c1-27-18(23(33)29(25(27)35)13-5-3-2-4-6-13)11-17-15(21(27)19-10-7-14(12-31)37-19)8-9-16-20(17)24(34)30(22(16)32)26(28)36/h2-8,10,16-18,20-21,31H,9,11-12H2,1H3,(H2,28,36)/t16-,17+,18-,20-,21+,27+/m0/s1. The number of benzene rings is 1. The number of para-hydroxylation sites is 1. The molecule has 0 bridgehead atoms. The largest absolute Gasteiger partial charge is 0.463 e. The summed E-state index contributed by atoms with van der Waals surface area (Å²) < 4.78 is 5.93. The Morgan fingerprint density at radius 2 is 1.78 bits per heavy atom. The van der Waals surface area contributed by atoms with Crippen molar-refractivity contribution < 1.29 is 33.5 Å². The highest BCUT2D eigenvalue weighted by molar-refractivity contribution is 6.24. The SMILES string of the molecule is C[C@@]12C(=O)N(c3ccccc3)C(=O)[C@@H]1C[C@@H]1C(=CC[C@@H]3C(=O)N(C(N)=O)C(=O)[C@@H]31)[C@@H]2c1ccc(CO)o1. The Balaban J connectivity index is 1.52. The van der Waals surface area contributed by atoms with E-state index in [-0.39, 0.29) is 31.3 Å². The third-order valence-electron chi connectivity index (χ3n) is 8.63. The molecule has 37 heavy (non-hydrogen) atoms. The number of urea groups is 1. The summed E-state index contributed by atoms with van der Waals surface area (Å²) in [6.07, 6.45) is 2.20. The molecule has 3 heterocycles. The number of likely N-dealkylation sites (tertiary alicyclic amines) is 1. The number of nitrogens with zero attached hydrogens (tertiary/aromatic N) is 2. The molecule has 1 aromatic carbocycles. The van der Waals surface area contributed by atoms with E-state index >= 15 is 0 Å². The highest BCUT2D eigenvalue weighted by Gasteiger charge is 2.68. The highest BCUT2D eigenvalue weighted by atomic mass is 16.4. The van der Waals surface area contributed by atoms with Gasteiger partial charge in [0.1, 0.15) is 18.1 Å². The minimum Gasteiger partial charge on any atom is -0.463 e. The first-order valence-electron chi connectivity index (χ1n) is 12.2. The summed E-state index contributed by atoms with van der Waals surface area (Å²) in [6, 6.07) is 10.8. The first-order chi connectivity index (χ1) is 17.7. The molecule has 6 rings (SSSR count). The van der Waals surface area contributed by atoms with Crippen LogP contribution in [0.25, 0.3) is 0 Å². The van der Waals surface area contributed by atoms with E-state index in [0.717, 1.165) is 5.57 Å². The van der Waals surface area contributed by atoms with Gasteiger partial charge in [-0.2, -0.15) is 4.90 Å². The Morgan fingerprint density at radius 3 is 2.43 bits per heavy atom. The van der Waals surface area contributed by atoms with Gasteiger partial charge in [0.15, 0.2) is 0 Å². The van der Waals surface area contributed by atoms with Crippen molar-refractivity contribution in [3.63, 3.8) is 0 Å². The average molecular weight is 504 g/mol. The number of allylic oxidation sites excluding steroid dienone is 2. The van der Waals surface area contributed by atoms with Gasteiger partial charge in [0.25, 0.3) is 0 Å². The van der Waals surface area contributed by atoms with Crippen LogP contribution in [0.3, 0.4) is 0 Å². The zero-order valence-corrected chi connectivity index (χ0v) is 20.0. The molecule has 10 nitrogen and oxygen atoms in total. The molecule has 3 N–H and O–H groups in total. The van der Waals surface area contributed by atoms with Gasteiger partial charge in [0.05, 0.1) is 34.8 Å². The first-order valence-corrected chi connectivity index (χ1v) is 12.2. The fraction of sp³-hybridized carbons (Fsp3) is 0.370. The number of amides is 6. The van der Waals surface area contributed by atoms with Gasteiger partial charge in [-0.15, -0.1) is 0 Å². The summed E-state index contributed by atoms with van der Waals surface area (Å²) in [4.78, 5) is 67.8. The van der Waals surface area contributed by atoms with E-state index < -0.39 is 52.8 Å². The lowest BCUT2D eigenvalue weighted by molar-refractivity contribution is -0.136. The minimum atomic E-state index is -1.23. The highest BCUT2D eigenvalue weighted by Crippen LogP contribution is 2.63. The summed E-state index contributed by atoms with van der Waals surface area (Å²) in [6.45, 7) is 1.40. The van der Waals surface area contributed by atoms with E-state index in [0.29, 0.717) is 22.1 Å². The molecule has 3 fully saturated rings. The summed E-state index contributed by atoms with van der Waals surface area (Å²) in [5.41, 5.74) is 5.29. The molecule has 0 radical (unpaired) electrons. The van der Waals surface area contributed by atoms with E-state index in [4.69, 9.17) is 10.2 Å². The van der Waals surface area contributed by atoms with Crippen molar-refractivity contribution in [3.05, 3.63) is 65.6 Å². The van der Waals surface area contributed by atoms with Crippen LogP contribution in [0.2, 0.25) is 0 Å². The number of furan rings is 1. The molecule has 6 amide bonds. The number of carbonyl (C=O) groups excluding carboxylic acids is 5.